The number of carbonyl (C=O) groups excluding carboxylic acids is 1. The van der Waals surface area contributed by atoms with Crippen molar-refractivity contribution in [3.63, 3.8) is 0 Å². The Morgan fingerprint density at radius 2 is 2.00 bits per heavy atom. The Bertz CT molecular complexity index is 308. The number of hydrogen-bond acceptors (Lipinski definition) is 1. The van der Waals surface area contributed by atoms with Crippen LogP contribution < -0.4 is 5.32 Å². The third kappa shape index (κ3) is 3.14. The van der Waals surface area contributed by atoms with E-state index in [1.54, 1.807) is 0 Å². The zero-order chi connectivity index (χ0) is 10.6. The maximum absolute atomic E-state index is 11.5. The molecule has 2 nitrogen and oxygen atoms in total. The molecule has 3 heteroatoms. The van der Waals surface area contributed by atoms with Crippen LogP contribution in [-0.2, 0) is 4.79 Å². The molecule has 1 aromatic rings. The van der Waals surface area contributed by atoms with Crippen LogP contribution >= 0.6 is 15.9 Å². The molecule has 0 spiro atoms. The molecule has 0 fully saturated rings. The summed E-state index contributed by atoms with van der Waals surface area (Å²) in [5, 5.41) is 2.86. The fourth-order valence-corrected chi connectivity index (χ4v) is 1.25. The van der Waals surface area contributed by atoms with E-state index in [4.69, 9.17) is 0 Å². The van der Waals surface area contributed by atoms with E-state index in [2.05, 4.69) is 21.2 Å². The van der Waals surface area contributed by atoms with E-state index in [-0.39, 0.29) is 11.8 Å². The van der Waals surface area contributed by atoms with Crippen molar-refractivity contribution in [2.24, 2.45) is 5.92 Å². The Hall–Kier alpha value is -0.830. The van der Waals surface area contributed by atoms with Crippen LogP contribution in [0.2, 0.25) is 0 Å². The van der Waals surface area contributed by atoms with Crippen LogP contribution in [0.15, 0.2) is 28.7 Å². The minimum absolute atomic E-state index is 0.0682. The largest absolute Gasteiger partial charge is 0.326 e. The van der Waals surface area contributed by atoms with Crippen molar-refractivity contribution in [3.05, 3.63) is 28.7 Å². The molecule has 0 aliphatic rings. The van der Waals surface area contributed by atoms with Crippen molar-refractivity contribution in [2.45, 2.75) is 20.3 Å². The first-order valence-electron chi connectivity index (χ1n) is 4.70. The Morgan fingerprint density at radius 3 is 2.50 bits per heavy atom. The topological polar surface area (TPSA) is 29.1 Å². The van der Waals surface area contributed by atoms with Gasteiger partial charge in [-0.25, -0.2) is 0 Å². The van der Waals surface area contributed by atoms with Gasteiger partial charge in [-0.1, -0.05) is 29.8 Å². The lowest BCUT2D eigenvalue weighted by atomic mass is 10.1. The lowest BCUT2D eigenvalue weighted by Crippen LogP contribution is -2.19. The Morgan fingerprint density at radius 1 is 1.43 bits per heavy atom. The number of hydrogen-bond donors (Lipinski definition) is 1. The summed E-state index contributed by atoms with van der Waals surface area (Å²) in [4.78, 5) is 11.5. The number of carbonyl (C=O) groups is 1. The molecule has 14 heavy (non-hydrogen) atoms. The average Bonchev–Trinajstić information content (AvgIpc) is 2.20. The van der Waals surface area contributed by atoms with Gasteiger partial charge in [0.15, 0.2) is 0 Å². The Balaban J connectivity index is 2.60. The zero-order valence-corrected chi connectivity index (χ0v) is 9.97. The van der Waals surface area contributed by atoms with Crippen LogP contribution in [0.3, 0.4) is 0 Å². The molecule has 0 aromatic heterocycles. The van der Waals surface area contributed by atoms with Gasteiger partial charge in [0.25, 0.3) is 0 Å². The van der Waals surface area contributed by atoms with Crippen molar-refractivity contribution in [1.29, 1.82) is 0 Å². The highest BCUT2D eigenvalue weighted by Gasteiger charge is 2.09. The first-order valence-corrected chi connectivity index (χ1v) is 5.49. The number of nitrogens with one attached hydrogen (secondary N) is 1. The van der Waals surface area contributed by atoms with Gasteiger partial charge >= 0.3 is 0 Å². The van der Waals surface area contributed by atoms with E-state index >= 15 is 0 Å². The molecule has 1 amide bonds. The van der Waals surface area contributed by atoms with E-state index < -0.39 is 0 Å². The highest BCUT2D eigenvalue weighted by atomic mass is 79.9. The predicted molar refractivity (Wildman–Crippen MR) is 62.2 cm³/mol. The van der Waals surface area contributed by atoms with Gasteiger partial charge in [-0.05, 0) is 30.7 Å². The van der Waals surface area contributed by atoms with Gasteiger partial charge in [0, 0.05) is 16.1 Å². The maximum atomic E-state index is 11.5. The Kier molecular flexibility index (Phi) is 4.14. The van der Waals surface area contributed by atoms with Gasteiger partial charge < -0.3 is 5.32 Å². The first kappa shape index (κ1) is 11.2. The molecule has 0 aliphatic heterocycles. The molecule has 1 atom stereocenters. The van der Waals surface area contributed by atoms with Gasteiger partial charge in [-0.15, -0.1) is 0 Å². The molecule has 1 unspecified atom stereocenters. The predicted octanol–water partition coefficient (Wildman–Crippen LogP) is 3.43. The molecule has 0 bridgehead atoms. The summed E-state index contributed by atoms with van der Waals surface area (Å²) >= 11 is 3.34. The van der Waals surface area contributed by atoms with Gasteiger partial charge in [0.05, 0.1) is 0 Å². The van der Waals surface area contributed by atoms with E-state index in [0.717, 1.165) is 16.6 Å². The summed E-state index contributed by atoms with van der Waals surface area (Å²) in [7, 11) is 0. The molecule has 1 rings (SSSR count). The summed E-state index contributed by atoms with van der Waals surface area (Å²) in [5.74, 6) is 0.147. The highest BCUT2D eigenvalue weighted by Crippen LogP contribution is 2.15. The van der Waals surface area contributed by atoms with Crippen molar-refractivity contribution < 1.29 is 4.79 Å². The average molecular weight is 256 g/mol. The summed E-state index contributed by atoms with van der Waals surface area (Å²) in [5.41, 5.74) is 0.846. The van der Waals surface area contributed by atoms with Gasteiger partial charge in [0.2, 0.25) is 5.91 Å². The SMILES string of the molecule is CCC(C)C(=O)Nc1ccc(Br)cc1. The van der Waals surface area contributed by atoms with Crippen LogP contribution in [0.5, 0.6) is 0 Å². The fraction of sp³-hybridized carbons (Fsp3) is 0.364. The smallest absolute Gasteiger partial charge is 0.227 e. The second kappa shape index (κ2) is 5.15. The number of halogens is 1. The summed E-state index contributed by atoms with van der Waals surface area (Å²) < 4.78 is 1.01. The number of amides is 1. The van der Waals surface area contributed by atoms with Gasteiger partial charge in [-0.2, -0.15) is 0 Å². The molecule has 1 N–H and O–H groups in total. The fourth-order valence-electron chi connectivity index (χ4n) is 0.984. The molecule has 0 aliphatic carbocycles. The maximum Gasteiger partial charge on any atom is 0.227 e. The molecule has 0 radical (unpaired) electrons. The summed E-state index contributed by atoms with van der Waals surface area (Å²) in [6.45, 7) is 3.93. The minimum Gasteiger partial charge on any atom is -0.326 e. The molecule has 0 saturated carbocycles. The van der Waals surface area contributed by atoms with E-state index in [1.165, 1.54) is 0 Å². The zero-order valence-electron chi connectivity index (χ0n) is 8.38. The van der Waals surface area contributed by atoms with Crippen molar-refractivity contribution in [3.8, 4) is 0 Å². The second-order valence-electron chi connectivity index (χ2n) is 3.31. The molecule has 76 valence electrons. The Labute approximate surface area is 92.8 Å². The monoisotopic (exact) mass is 255 g/mol. The van der Waals surface area contributed by atoms with E-state index in [0.29, 0.717) is 0 Å². The third-order valence-electron chi connectivity index (χ3n) is 2.17. The van der Waals surface area contributed by atoms with Crippen molar-refractivity contribution in [2.75, 3.05) is 5.32 Å². The number of benzene rings is 1. The normalized spacial score (nSPS) is 12.2. The molecule has 0 heterocycles. The standard InChI is InChI=1S/C11H14BrNO/c1-3-8(2)11(14)13-10-6-4-9(12)5-7-10/h4-8H,3H2,1-2H3,(H,13,14). The van der Waals surface area contributed by atoms with Crippen molar-refractivity contribution >= 4 is 27.5 Å². The second-order valence-corrected chi connectivity index (χ2v) is 4.22. The van der Waals surface area contributed by atoms with Gasteiger partial charge in [0.1, 0.15) is 0 Å². The molecular weight excluding hydrogens is 242 g/mol. The summed E-state index contributed by atoms with van der Waals surface area (Å²) in [6, 6.07) is 7.58. The first-order chi connectivity index (χ1) is 6.63. The summed E-state index contributed by atoms with van der Waals surface area (Å²) in [6.07, 6.45) is 0.863. The lowest BCUT2D eigenvalue weighted by molar-refractivity contribution is -0.119. The van der Waals surface area contributed by atoms with Crippen LogP contribution in [0.1, 0.15) is 20.3 Å². The molecule has 1 aromatic carbocycles. The quantitative estimate of drug-likeness (QED) is 0.881. The van der Waals surface area contributed by atoms with E-state index in [9.17, 15) is 4.79 Å². The van der Waals surface area contributed by atoms with Crippen LogP contribution in [0.25, 0.3) is 0 Å². The van der Waals surface area contributed by atoms with E-state index in [1.807, 2.05) is 38.1 Å². The third-order valence-corrected chi connectivity index (χ3v) is 2.70. The lowest BCUT2D eigenvalue weighted by Gasteiger charge is -2.09. The van der Waals surface area contributed by atoms with Crippen LogP contribution in [0.4, 0.5) is 5.69 Å². The van der Waals surface area contributed by atoms with Crippen molar-refractivity contribution in [1.82, 2.24) is 0 Å². The molecular formula is C11H14BrNO. The van der Waals surface area contributed by atoms with Crippen LogP contribution in [-0.4, -0.2) is 5.91 Å². The van der Waals surface area contributed by atoms with Crippen LogP contribution in [0, 0.1) is 5.92 Å². The highest BCUT2D eigenvalue weighted by molar-refractivity contribution is 9.10. The van der Waals surface area contributed by atoms with Gasteiger partial charge in [-0.3, -0.25) is 4.79 Å². The minimum atomic E-state index is 0.0682. The molecule has 0 saturated heterocycles. The number of rotatable bonds is 3. The number of anilines is 1.